The third-order valence-corrected chi connectivity index (χ3v) is 3.35. The maximum Gasteiger partial charge on any atom is 0.296 e. The molecule has 1 aromatic heterocycles. The summed E-state index contributed by atoms with van der Waals surface area (Å²) in [6.07, 6.45) is 0. The molecular formula is C8H4Cl2N4O4S. The molecule has 2 aromatic rings. The van der Waals surface area contributed by atoms with E-state index in [0.29, 0.717) is 0 Å². The number of nitro groups is 1. The number of non-ortho nitro benzene ring substituents is 1. The highest BCUT2D eigenvalue weighted by Crippen LogP contribution is 2.27. The highest BCUT2D eigenvalue weighted by molar-refractivity contribution is 8.13. The standard InChI is InChI=1S/C8H4Cl2N4O4S/c9-5-1-4(2-6(3-5)14(15)16)7-11-8(13-12-7)19(10,17)18/h1-3H,(H,11,12,13). The molecule has 1 heterocycles. The number of hydrogen-bond acceptors (Lipinski definition) is 6. The molecule has 1 aromatic carbocycles. The van der Waals surface area contributed by atoms with Crippen molar-refractivity contribution in [1.29, 1.82) is 0 Å². The van der Waals surface area contributed by atoms with E-state index >= 15 is 0 Å². The molecule has 0 amide bonds. The lowest BCUT2D eigenvalue weighted by molar-refractivity contribution is -0.384. The van der Waals surface area contributed by atoms with Crippen molar-refractivity contribution in [1.82, 2.24) is 15.2 Å². The van der Waals surface area contributed by atoms with Gasteiger partial charge in [-0.1, -0.05) is 11.6 Å². The van der Waals surface area contributed by atoms with Gasteiger partial charge in [-0.2, -0.15) is 10.1 Å². The summed E-state index contributed by atoms with van der Waals surface area (Å²) in [6, 6.07) is 3.68. The molecule has 2 rings (SSSR count). The van der Waals surface area contributed by atoms with E-state index in [0.717, 1.165) is 6.07 Å². The van der Waals surface area contributed by atoms with Gasteiger partial charge in [0.05, 0.1) is 4.92 Å². The Morgan fingerprint density at radius 2 is 2.00 bits per heavy atom. The van der Waals surface area contributed by atoms with Gasteiger partial charge < -0.3 is 0 Å². The highest BCUT2D eigenvalue weighted by Gasteiger charge is 2.18. The van der Waals surface area contributed by atoms with Gasteiger partial charge in [0.1, 0.15) is 0 Å². The quantitative estimate of drug-likeness (QED) is 0.524. The minimum Gasteiger partial charge on any atom is -0.258 e. The van der Waals surface area contributed by atoms with Crippen molar-refractivity contribution in [3.05, 3.63) is 33.3 Å². The number of rotatable bonds is 3. The van der Waals surface area contributed by atoms with Crippen molar-refractivity contribution in [3.63, 3.8) is 0 Å². The number of H-pyrrole nitrogens is 1. The van der Waals surface area contributed by atoms with E-state index in [-0.39, 0.29) is 22.1 Å². The number of halogens is 2. The van der Waals surface area contributed by atoms with Crippen LogP contribution in [0, 0.1) is 10.1 Å². The van der Waals surface area contributed by atoms with Crippen LogP contribution in [-0.4, -0.2) is 28.5 Å². The van der Waals surface area contributed by atoms with Gasteiger partial charge in [0.15, 0.2) is 5.82 Å². The lowest BCUT2D eigenvalue weighted by atomic mass is 10.2. The fourth-order valence-corrected chi connectivity index (χ4v) is 2.08. The molecule has 100 valence electrons. The van der Waals surface area contributed by atoms with Gasteiger partial charge >= 0.3 is 0 Å². The molecule has 0 saturated carbocycles. The number of nitrogens with zero attached hydrogens (tertiary/aromatic N) is 3. The minimum absolute atomic E-state index is 0.0650. The lowest BCUT2D eigenvalue weighted by Gasteiger charge is -1.97. The molecule has 0 fully saturated rings. The lowest BCUT2D eigenvalue weighted by Crippen LogP contribution is -1.93. The van der Waals surface area contributed by atoms with E-state index in [1.165, 1.54) is 12.1 Å². The van der Waals surface area contributed by atoms with Gasteiger partial charge in [0, 0.05) is 33.4 Å². The Balaban J connectivity index is 2.53. The first-order valence-corrected chi connectivity index (χ1v) is 7.28. The van der Waals surface area contributed by atoms with Crippen LogP contribution in [-0.2, 0) is 9.05 Å². The van der Waals surface area contributed by atoms with E-state index in [9.17, 15) is 18.5 Å². The Hall–Kier alpha value is -1.71. The van der Waals surface area contributed by atoms with Gasteiger partial charge in [-0.25, -0.2) is 13.5 Å². The van der Waals surface area contributed by atoms with Crippen molar-refractivity contribution >= 4 is 37.0 Å². The molecule has 8 nitrogen and oxygen atoms in total. The average molecular weight is 323 g/mol. The average Bonchev–Trinajstić information content (AvgIpc) is 2.76. The molecular weight excluding hydrogens is 319 g/mol. The van der Waals surface area contributed by atoms with Crippen molar-refractivity contribution in [3.8, 4) is 11.4 Å². The second kappa shape index (κ2) is 4.76. The van der Waals surface area contributed by atoms with Gasteiger partial charge in [-0.15, -0.1) is 0 Å². The summed E-state index contributed by atoms with van der Waals surface area (Å²) in [5, 5.41) is 16.0. The molecule has 0 radical (unpaired) electrons. The third kappa shape index (κ3) is 3.00. The molecule has 0 aliphatic heterocycles. The van der Waals surface area contributed by atoms with E-state index in [2.05, 4.69) is 15.2 Å². The van der Waals surface area contributed by atoms with Crippen LogP contribution in [0.1, 0.15) is 0 Å². The fourth-order valence-electron chi connectivity index (χ4n) is 1.29. The van der Waals surface area contributed by atoms with Crippen LogP contribution in [0.2, 0.25) is 5.02 Å². The van der Waals surface area contributed by atoms with E-state index in [1.54, 1.807) is 0 Å². The maximum absolute atomic E-state index is 11.0. The summed E-state index contributed by atoms with van der Waals surface area (Å²) in [5.74, 6) is -0.0650. The number of aromatic nitrogens is 3. The van der Waals surface area contributed by atoms with Crippen molar-refractivity contribution in [2.75, 3.05) is 0 Å². The number of hydrogen-bond donors (Lipinski definition) is 1. The molecule has 0 spiro atoms. The minimum atomic E-state index is -4.05. The smallest absolute Gasteiger partial charge is 0.258 e. The highest BCUT2D eigenvalue weighted by atomic mass is 35.7. The van der Waals surface area contributed by atoms with Gasteiger partial charge in [0.25, 0.3) is 19.9 Å². The van der Waals surface area contributed by atoms with E-state index in [1.807, 2.05) is 0 Å². The maximum atomic E-state index is 11.0. The zero-order chi connectivity index (χ0) is 14.2. The Labute approximate surface area is 115 Å². The van der Waals surface area contributed by atoms with Gasteiger partial charge in [-0.05, 0) is 6.07 Å². The Morgan fingerprint density at radius 3 is 2.53 bits per heavy atom. The van der Waals surface area contributed by atoms with E-state index in [4.69, 9.17) is 22.3 Å². The van der Waals surface area contributed by atoms with Crippen LogP contribution in [0.3, 0.4) is 0 Å². The summed E-state index contributed by atoms with van der Waals surface area (Å²) in [7, 11) is 1.03. The molecule has 11 heteroatoms. The van der Waals surface area contributed by atoms with Crippen molar-refractivity contribution in [2.45, 2.75) is 5.16 Å². The number of aromatic amines is 1. The SMILES string of the molecule is O=[N+]([O-])c1cc(Cl)cc(-c2n[nH]c(S(=O)(=O)Cl)n2)c1. The number of nitrogens with one attached hydrogen (secondary N) is 1. The van der Waals surface area contributed by atoms with Crippen molar-refractivity contribution in [2.24, 2.45) is 0 Å². The topological polar surface area (TPSA) is 119 Å². The largest absolute Gasteiger partial charge is 0.296 e. The second-order valence-corrected chi connectivity index (χ2v) is 6.27. The van der Waals surface area contributed by atoms with Crippen LogP contribution < -0.4 is 0 Å². The first-order chi connectivity index (χ1) is 8.77. The molecule has 0 saturated heterocycles. The third-order valence-electron chi connectivity index (χ3n) is 2.05. The number of nitro benzene ring substituents is 1. The molecule has 0 unspecified atom stereocenters. The molecule has 0 bridgehead atoms. The Kier molecular flexibility index (Phi) is 3.43. The number of benzene rings is 1. The summed E-state index contributed by atoms with van der Waals surface area (Å²) in [5.41, 5.74) is -0.0652. The predicted molar refractivity (Wildman–Crippen MR) is 66.5 cm³/mol. The van der Waals surface area contributed by atoms with Crippen LogP contribution in [0.5, 0.6) is 0 Å². The Bertz CT molecular complexity index is 758. The van der Waals surface area contributed by atoms with Crippen LogP contribution in [0.4, 0.5) is 5.69 Å². The second-order valence-electron chi connectivity index (χ2n) is 3.36. The van der Waals surface area contributed by atoms with Crippen molar-refractivity contribution < 1.29 is 13.3 Å². The summed E-state index contributed by atoms with van der Waals surface area (Å²) in [4.78, 5) is 13.7. The normalized spacial score (nSPS) is 11.5. The molecule has 19 heavy (non-hydrogen) atoms. The first kappa shape index (κ1) is 13.7. The molecule has 0 atom stereocenters. The Morgan fingerprint density at radius 1 is 1.32 bits per heavy atom. The zero-order valence-corrected chi connectivity index (χ0v) is 11.2. The van der Waals surface area contributed by atoms with Gasteiger partial charge in [0.2, 0.25) is 0 Å². The van der Waals surface area contributed by atoms with Crippen LogP contribution in [0.15, 0.2) is 23.4 Å². The monoisotopic (exact) mass is 322 g/mol. The fraction of sp³-hybridized carbons (Fsp3) is 0. The molecule has 1 N–H and O–H groups in total. The van der Waals surface area contributed by atoms with Crippen LogP contribution >= 0.6 is 22.3 Å². The van der Waals surface area contributed by atoms with Gasteiger partial charge in [-0.3, -0.25) is 10.1 Å². The van der Waals surface area contributed by atoms with Crippen LogP contribution in [0.25, 0.3) is 11.4 Å². The summed E-state index contributed by atoms with van der Waals surface area (Å²) in [6.45, 7) is 0. The zero-order valence-electron chi connectivity index (χ0n) is 8.87. The summed E-state index contributed by atoms with van der Waals surface area (Å²) >= 11 is 5.73. The molecule has 0 aliphatic carbocycles. The first-order valence-electron chi connectivity index (χ1n) is 4.60. The summed E-state index contributed by atoms with van der Waals surface area (Å²) < 4.78 is 22.0. The predicted octanol–water partition coefficient (Wildman–Crippen LogP) is 1.96. The van der Waals surface area contributed by atoms with E-state index < -0.39 is 19.1 Å². The molecule has 0 aliphatic rings.